The smallest absolute Gasteiger partial charge is 0.328 e. The monoisotopic (exact) mass is 301 g/mol. The van der Waals surface area contributed by atoms with Crippen molar-refractivity contribution in [3.63, 3.8) is 0 Å². The Morgan fingerprint density at radius 3 is 2.64 bits per heavy atom. The van der Waals surface area contributed by atoms with Crippen molar-refractivity contribution in [2.24, 2.45) is 10.1 Å². The number of nitrogens with zero attached hydrogens (tertiary/aromatic N) is 3. The van der Waals surface area contributed by atoms with Gasteiger partial charge in [0.15, 0.2) is 5.84 Å². The standard InChI is InChI=1S/C17H23N3O2/c1-6-8-14(9-7-2)20-17(4,5)12-15(19-20)18-13(3)10-11-16(21)22/h6-11H,1,12H2,2-5H3,(H,21,22)/b9-7-,11-10+,14-8+,18-13?. The van der Waals surface area contributed by atoms with Crippen LogP contribution in [0.1, 0.15) is 34.1 Å². The van der Waals surface area contributed by atoms with Crippen LogP contribution in [0.4, 0.5) is 0 Å². The number of carbonyl (C=O) groups is 1. The molecule has 1 heterocycles. The Hall–Kier alpha value is -2.43. The molecular weight excluding hydrogens is 278 g/mol. The molecule has 0 saturated heterocycles. The molecule has 5 nitrogen and oxygen atoms in total. The number of hydrogen-bond donors (Lipinski definition) is 1. The first-order valence-electron chi connectivity index (χ1n) is 7.09. The van der Waals surface area contributed by atoms with Gasteiger partial charge in [0.25, 0.3) is 0 Å². The van der Waals surface area contributed by atoms with Crippen LogP contribution in [0.25, 0.3) is 0 Å². The highest BCUT2D eigenvalue weighted by atomic mass is 16.4. The zero-order valence-electron chi connectivity index (χ0n) is 13.6. The van der Waals surface area contributed by atoms with E-state index in [1.807, 2.05) is 30.2 Å². The lowest BCUT2D eigenvalue weighted by atomic mass is 10.00. The second kappa shape index (κ2) is 7.54. The molecule has 0 fully saturated rings. The molecule has 0 aromatic heterocycles. The normalized spacial score (nSPS) is 19.1. The number of carboxylic acids is 1. The van der Waals surface area contributed by atoms with Gasteiger partial charge in [-0.25, -0.2) is 9.79 Å². The molecule has 0 atom stereocenters. The predicted octanol–water partition coefficient (Wildman–Crippen LogP) is 3.53. The molecule has 1 N–H and O–H groups in total. The lowest BCUT2D eigenvalue weighted by Gasteiger charge is -2.30. The number of allylic oxidation sites excluding steroid dienone is 5. The van der Waals surface area contributed by atoms with Crippen molar-refractivity contribution in [3.05, 3.63) is 48.7 Å². The van der Waals surface area contributed by atoms with Crippen molar-refractivity contribution in [2.75, 3.05) is 0 Å². The molecule has 118 valence electrons. The maximum atomic E-state index is 10.5. The fourth-order valence-corrected chi connectivity index (χ4v) is 2.14. The Balaban J connectivity index is 3.08. The van der Waals surface area contributed by atoms with Gasteiger partial charge >= 0.3 is 5.97 Å². The van der Waals surface area contributed by atoms with Crippen LogP contribution < -0.4 is 0 Å². The minimum Gasteiger partial charge on any atom is -0.478 e. The zero-order chi connectivity index (χ0) is 16.8. The average molecular weight is 301 g/mol. The van der Waals surface area contributed by atoms with E-state index >= 15 is 0 Å². The van der Waals surface area contributed by atoms with Crippen LogP contribution >= 0.6 is 0 Å². The van der Waals surface area contributed by atoms with Gasteiger partial charge in [-0.3, -0.25) is 5.01 Å². The number of aliphatic carboxylic acids is 1. The Labute approximate surface area is 131 Å². The van der Waals surface area contributed by atoms with Crippen LogP contribution in [-0.2, 0) is 4.79 Å². The van der Waals surface area contributed by atoms with Gasteiger partial charge in [0.1, 0.15) is 0 Å². The Kier molecular flexibility index (Phi) is 6.04. The minimum atomic E-state index is -0.992. The molecule has 5 heteroatoms. The fraction of sp³-hybridized carbons (Fsp3) is 0.353. The lowest BCUT2D eigenvalue weighted by Crippen LogP contribution is -2.35. The molecule has 0 aromatic carbocycles. The van der Waals surface area contributed by atoms with Crippen molar-refractivity contribution in [1.82, 2.24) is 5.01 Å². The van der Waals surface area contributed by atoms with Gasteiger partial charge in [0.05, 0.1) is 11.2 Å². The van der Waals surface area contributed by atoms with Gasteiger partial charge in [0, 0.05) is 18.2 Å². The quantitative estimate of drug-likeness (QED) is 0.480. The predicted molar refractivity (Wildman–Crippen MR) is 90.9 cm³/mol. The number of hydrazone groups is 1. The van der Waals surface area contributed by atoms with Crippen LogP contribution in [0.3, 0.4) is 0 Å². The van der Waals surface area contributed by atoms with Crippen molar-refractivity contribution in [3.8, 4) is 0 Å². The van der Waals surface area contributed by atoms with E-state index in [1.54, 1.807) is 13.0 Å². The Morgan fingerprint density at radius 2 is 2.09 bits per heavy atom. The summed E-state index contributed by atoms with van der Waals surface area (Å²) in [5.74, 6) is -0.314. The second-order valence-corrected chi connectivity index (χ2v) is 5.57. The number of hydrogen-bond acceptors (Lipinski definition) is 4. The van der Waals surface area contributed by atoms with E-state index in [4.69, 9.17) is 5.11 Å². The van der Waals surface area contributed by atoms with E-state index in [0.29, 0.717) is 18.0 Å². The van der Waals surface area contributed by atoms with Crippen LogP contribution in [0.15, 0.2) is 58.8 Å². The van der Waals surface area contributed by atoms with Gasteiger partial charge in [-0.05, 0) is 45.9 Å². The minimum absolute atomic E-state index is 0.204. The van der Waals surface area contributed by atoms with E-state index in [0.717, 1.165) is 11.8 Å². The van der Waals surface area contributed by atoms with Gasteiger partial charge < -0.3 is 5.11 Å². The first-order chi connectivity index (χ1) is 10.3. The summed E-state index contributed by atoms with van der Waals surface area (Å²) < 4.78 is 0. The number of amidine groups is 1. The molecule has 0 aromatic rings. The molecule has 22 heavy (non-hydrogen) atoms. The van der Waals surface area contributed by atoms with Crippen LogP contribution in [0, 0.1) is 0 Å². The van der Waals surface area contributed by atoms with Gasteiger partial charge in [-0.1, -0.05) is 18.7 Å². The second-order valence-electron chi connectivity index (χ2n) is 5.57. The molecule has 0 aliphatic carbocycles. The maximum Gasteiger partial charge on any atom is 0.328 e. The van der Waals surface area contributed by atoms with E-state index in [1.165, 1.54) is 6.08 Å². The maximum absolute atomic E-state index is 10.5. The summed E-state index contributed by atoms with van der Waals surface area (Å²) in [7, 11) is 0. The van der Waals surface area contributed by atoms with Crippen molar-refractivity contribution in [1.29, 1.82) is 0 Å². The van der Waals surface area contributed by atoms with Crippen molar-refractivity contribution in [2.45, 2.75) is 39.7 Å². The molecule has 1 aliphatic heterocycles. The fourth-order valence-electron chi connectivity index (χ4n) is 2.14. The van der Waals surface area contributed by atoms with E-state index in [-0.39, 0.29) is 5.54 Å². The highest BCUT2D eigenvalue weighted by Crippen LogP contribution is 2.31. The third kappa shape index (κ3) is 4.84. The summed E-state index contributed by atoms with van der Waals surface area (Å²) in [5, 5.41) is 15.1. The summed E-state index contributed by atoms with van der Waals surface area (Å²) in [4.78, 5) is 14.9. The van der Waals surface area contributed by atoms with Gasteiger partial charge in [0.2, 0.25) is 0 Å². The molecule has 0 unspecified atom stereocenters. The number of aliphatic imine (C=N–C) groups is 1. The molecule has 1 rings (SSSR count). The van der Waals surface area contributed by atoms with Crippen molar-refractivity contribution < 1.29 is 9.90 Å². The van der Waals surface area contributed by atoms with Gasteiger partial charge in [-0.2, -0.15) is 5.10 Å². The summed E-state index contributed by atoms with van der Waals surface area (Å²) in [6, 6.07) is 0. The number of carboxylic acid groups (broad SMARTS) is 1. The van der Waals surface area contributed by atoms with Crippen LogP contribution in [0.2, 0.25) is 0 Å². The molecule has 1 aliphatic rings. The molecular formula is C17H23N3O2. The summed E-state index contributed by atoms with van der Waals surface area (Å²) in [6.45, 7) is 11.6. The first-order valence-corrected chi connectivity index (χ1v) is 7.09. The largest absolute Gasteiger partial charge is 0.478 e. The highest BCUT2D eigenvalue weighted by molar-refractivity contribution is 6.05. The van der Waals surface area contributed by atoms with E-state index in [9.17, 15) is 4.79 Å². The zero-order valence-corrected chi connectivity index (χ0v) is 13.6. The summed E-state index contributed by atoms with van der Waals surface area (Å²) >= 11 is 0. The molecule has 0 bridgehead atoms. The SMILES string of the molecule is C=C/C=C(\C=C/C)N1N=C(N=C(C)/C=C/C(=O)O)CC1(C)C. The molecule has 0 spiro atoms. The van der Waals surface area contributed by atoms with E-state index in [2.05, 4.69) is 30.5 Å². The van der Waals surface area contributed by atoms with E-state index < -0.39 is 5.97 Å². The third-order valence-electron chi connectivity index (χ3n) is 3.02. The lowest BCUT2D eigenvalue weighted by molar-refractivity contribution is -0.131. The molecule has 0 radical (unpaired) electrons. The average Bonchev–Trinajstić information content (AvgIpc) is 2.70. The highest BCUT2D eigenvalue weighted by Gasteiger charge is 2.35. The molecule has 0 amide bonds. The topological polar surface area (TPSA) is 65.3 Å². The van der Waals surface area contributed by atoms with Crippen LogP contribution in [0.5, 0.6) is 0 Å². The Morgan fingerprint density at radius 1 is 1.41 bits per heavy atom. The summed E-state index contributed by atoms with van der Waals surface area (Å²) in [6.07, 6.45) is 10.8. The van der Waals surface area contributed by atoms with Crippen molar-refractivity contribution >= 4 is 17.5 Å². The molecule has 0 saturated carbocycles. The number of rotatable bonds is 5. The summed E-state index contributed by atoms with van der Waals surface area (Å²) in [5.41, 5.74) is 1.34. The Bertz CT molecular complexity index is 593. The van der Waals surface area contributed by atoms with Gasteiger partial charge in [-0.15, -0.1) is 0 Å². The first kappa shape index (κ1) is 17.6. The van der Waals surface area contributed by atoms with Crippen LogP contribution in [-0.4, -0.2) is 33.2 Å². The third-order valence-corrected chi connectivity index (χ3v) is 3.02.